The van der Waals surface area contributed by atoms with E-state index in [4.69, 9.17) is 4.74 Å². The Hall–Kier alpha value is -0.920. The normalized spacial score (nSPS) is 27.4. The fraction of sp³-hybridized carbons (Fsp3) is 0.769. The second kappa shape index (κ2) is 5.13. The van der Waals surface area contributed by atoms with Gasteiger partial charge >= 0.3 is 0 Å². The Balaban J connectivity index is 1.80. The van der Waals surface area contributed by atoms with Gasteiger partial charge in [0.05, 0.1) is 17.0 Å². The van der Waals surface area contributed by atoms with Crippen LogP contribution in [0.2, 0.25) is 0 Å². The third-order valence-electron chi connectivity index (χ3n) is 3.85. The van der Waals surface area contributed by atoms with Gasteiger partial charge in [0.25, 0.3) is 0 Å². The van der Waals surface area contributed by atoms with Gasteiger partial charge in [-0.2, -0.15) is 5.10 Å². The van der Waals surface area contributed by atoms with Crippen LogP contribution in [0.15, 0.2) is 12.3 Å². The molecule has 0 amide bonds. The molecule has 6 nitrogen and oxygen atoms in total. The molecule has 1 N–H and O–H groups in total. The molecule has 7 heteroatoms. The highest BCUT2D eigenvalue weighted by Gasteiger charge is 2.41. The molecule has 2 atom stereocenters. The molecule has 2 heterocycles. The predicted octanol–water partition coefficient (Wildman–Crippen LogP) is 1.38. The zero-order valence-electron chi connectivity index (χ0n) is 11.8. The molecule has 20 heavy (non-hydrogen) atoms. The first kappa shape index (κ1) is 14.0. The van der Waals surface area contributed by atoms with E-state index in [9.17, 15) is 8.42 Å². The van der Waals surface area contributed by atoms with Crippen molar-refractivity contribution < 1.29 is 13.2 Å². The lowest BCUT2D eigenvalue weighted by Gasteiger charge is -2.22. The van der Waals surface area contributed by atoms with Crippen LogP contribution in [0.25, 0.3) is 0 Å². The third-order valence-corrected chi connectivity index (χ3v) is 5.83. The molecule has 2 aliphatic rings. The van der Waals surface area contributed by atoms with Crippen molar-refractivity contribution in [1.82, 2.24) is 14.5 Å². The molecule has 1 aromatic rings. The number of rotatable bonds is 5. The summed E-state index contributed by atoms with van der Waals surface area (Å²) in [4.78, 5) is 0. The minimum Gasteiger partial charge on any atom is -0.370 e. The molecule has 112 valence electrons. The molecule has 1 aromatic heterocycles. The molecule has 1 aliphatic carbocycles. The lowest BCUT2D eigenvalue weighted by molar-refractivity contribution is 0.0938. The lowest BCUT2D eigenvalue weighted by Crippen LogP contribution is -2.39. The minimum atomic E-state index is -3.19. The number of hydrogen-bond donors (Lipinski definition) is 1. The van der Waals surface area contributed by atoms with E-state index in [1.165, 1.54) is 0 Å². The number of aromatic nitrogens is 2. The Morgan fingerprint density at radius 2 is 2.15 bits per heavy atom. The van der Waals surface area contributed by atoms with Crippen LogP contribution in [0, 0.1) is 0 Å². The third kappa shape index (κ3) is 2.62. The van der Waals surface area contributed by atoms with Crippen molar-refractivity contribution in [2.45, 2.75) is 56.5 Å². The Morgan fingerprint density at radius 3 is 2.80 bits per heavy atom. The first-order valence-corrected chi connectivity index (χ1v) is 8.70. The summed E-state index contributed by atoms with van der Waals surface area (Å²) in [6, 6.07) is 1.95. The molecule has 0 radical (unpaired) electrons. The quantitative estimate of drug-likeness (QED) is 0.891. The molecule has 3 rings (SSSR count). The average molecular weight is 299 g/mol. The zero-order chi connectivity index (χ0) is 14.3. The second-order valence-corrected chi connectivity index (χ2v) is 7.84. The molecular weight excluding hydrogens is 278 g/mol. The van der Waals surface area contributed by atoms with Crippen molar-refractivity contribution >= 4 is 10.0 Å². The van der Waals surface area contributed by atoms with Crippen molar-refractivity contribution in [2.75, 3.05) is 6.61 Å². The Morgan fingerprint density at radius 1 is 1.40 bits per heavy atom. The van der Waals surface area contributed by atoms with Crippen LogP contribution in [0.1, 0.15) is 50.9 Å². The largest absolute Gasteiger partial charge is 0.370 e. The van der Waals surface area contributed by atoms with E-state index in [0.717, 1.165) is 18.5 Å². The number of hydrogen-bond acceptors (Lipinski definition) is 4. The van der Waals surface area contributed by atoms with Gasteiger partial charge in [-0.3, -0.25) is 4.68 Å². The van der Waals surface area contributed by atoms with Gasteiger partial charge < -0.3 is 4.74 Å². The van der Waals surface area contributed by atoms with Crippen molar-refractivity contribution in [3.8, 4) is 0 Å². The molecule has 0 bridgehead atoms. The topological polar surface area (TPSA) is 73.2 Å². The van der Waals surface area contributed by atoms with Crippen LogP contribution in [0.4, 0.5) is 0 Å². The standard InChI is InChI=1S/C13H21N3O3S/c1-9(2)16-12(5-7-14-16)13-11(6-8-19-13)15-20(17,18)10-3-4-10/h5,7,9-11,13,15H,3-4,6,8H2,1-2H3/t11-,13-/m0/s1. The fourth-order valence-corrected chi connectivity index (χ4v) is 4.28. The summed E-state index contributed by atoms with van der Waals surface area (Å²) in [6.07, 6.45) is 3.76. The van der Waals surface area contributed by atoms with E-state index in [-0.39, 0.29) is 23.4 Å². The fourth-order valence-electron chi connectivity index (χ4n) is 2.67. The van der Waals surface area contributed by atoms with Gasteiger partial charge in [-0.1, -0.05) is 0 Å². The summed E-state index contributed by atoms with van der Waals surface area (Å²) in [5.74, 6) is 0. The number of nitrogens with zero attached hydrogens (tertiary/aromatic N) is 2. The molecular formula is C13H21N3O3S. The SMILES string of the molecule is CC(C)n1nccc1[C@H]1OCC[C@@H]1NS(=O)(=O)C1CC1. The van der Waals surface area contributed by atoms with Gasteiger partial charge in [0, 0.05) is 18.8 Å². The maximum atomic E-state index is 12.1. The summed E-state index contributed by atoms with van der Waals surface area (Å²) in [6.45, 7) is 4.68. The Kier molecular flexibility index (Phi) is 3.60. The molecule has 1 aliphatic heterocycles. The van der Waals surface area contributed by atoms with Crippen LogP contribution >= 0.6 is 0 Å². The average Bonchev–Trinajstić information content (AvgIpc) is 2.97. The monoisotopic (exact) mass is 299 g/mol. The number of nitrogens with one attached hydrogen (secondary N) is 1. The lowest BCUT2D eigenvalue weighted by atomic mass is 10.1. The first-order chi connectivity index (χ1) is 9.49. The summed E-state index contributed by atoms with van der Waals surface area (Å²) in [5, 5.41) is 4.10. The van der Waals surface area contributed by atoms with Gasteiger partial charge in [-0.25, -0.2) is 13.1 Å². The van der Waals surface area contributed by atoms with Gasteiger partial charge in [-0.15, -0.1) is 0 Å². The van der Waals surface area contributed by atoms with Gasteiger partial charge in [0.1, 0.15) is 6.10 Å². The van der Waals surface area contributed by atoms with Crippen molar-refractivity contribution in [1.29, 1.82) is 0 Å². The van der Waals surface area contributed by atoms with E-state index < -0.39 is 10.0 Å². The molecule has 1 saturated heterocycles. The summed E-state index contributed by atoms with van der Waals surface area (Å²) in [7, 11) is -3.19. The summed E-state index contributed by atoms with van der Waals surface area (Å²) < 4.78 is 34.7. The van der Waals surface area contributed by atoms with Crippen molar-refractivity contribution in [3.63, 3.8) is 0 Å². The van der Waals surface area contributed by atoms with Crippen molar-refractivity contribution in [3.05, 3.63) is 18.0 Å². The minimum absolute atomic E-state index is 0.185. The Bertz CT molecular complexity index is 577. The van der Waals surface area contributed by atoms with Crippen LogP contribution in [-0.4, -0.2) is 36.1 Å². The molecule has 1 saturated carbocycles. The van der Waals surface area contributed by atoms with E-state index >= 15 is 0 Å². The molecule has 2 fully saturated rings. The zero-order valence-corrected chi connectivity index (χ0v) is 12.6. The van der Waals surface area contributed by atoms with E-state index in [1.54, 1.807) is 6.20 Å². The molecule has 0 aromatic carbocycles. The van der Waals surface area contributed by atoms with Gasteiger partial charge in [0.2, 0.25) is 10.0 Å². The Labute approximate surface area is 119 Å². The number of sulfonamides is 1. The van der Waals surface area contributed by atoms with Crippen molar-refractivity contribution in [2.24, 2.45) is 0 Å². The summed E-state index contributed by atoms with van der Waals surface area (Å²) in [5.41, 5.74) is 0.945. The maximum absolute atomic E-state index is 12.1. The van der Waals surface area contributed by atoms with Crippen LogP contribution in [-0.2, 0) is 14.8 Å². The highest BCUT2D eigenvalue weighted by Crippen LogP contribution is 2.33. The van der Waals surface area contributed by atoms with Crippen LogP contribution in [0.5, 0.6) is 0 Å². The van der Waals surface area contributed by atoms with E-state index in [2.05, 4.69) is 23.7 Å². The highest BCUT2D eigenvalue weighted by atomic mass is 32.2. The number of ether oxygens (including phenoxy) is 1. The van der Waals surface area contributed by atoms with E-state index in [1.807, 2.05) is 10.7 Å². The van der Waals surface area contributed by atoms with E-state index in [0.29, 0.717) is 13.0 Å². The smallest absolute Gasteiger partial charge is 0.214 e. The predicted molar refractivity (Wildman–Crippen MR) is 74.8 cm³/mol. The summed E-state index contributed by atoms with van der Waals surface area (Å²) >= 11 is 0. The second-order valence-electron chi connectivity index (χ2n) is 5.84. The van der Waals surface area contributed by atoms with Gasteiger partial charge in [-0.05, 0) is 39.2 Å². The van der Waals surface area contributed by atoms with Gasteiger partial charge in [0.15, 0.2) is 0 Å². The maximum Gasteiger partial charge on any atom is 0.214 e. The first-order valence-electron chi connectivity index (χ1n) is 7.15. The van der Waals surface area contributed by atoms with Crippen LogP contribution < -0.4 is 4.72 Å². The van der Waals surface area contributed by atoms with Crippen LogP contribution in [0.3, 0.4) is 0 Å². The molecule has 0 spiro atoms. The highest BCUT2D eigenvalue weighted by molar-refractivity contribution is 7.90. The molecule has 0 unspecified atom stereocenters.